The average molecular weight is 402 g/mol. The maximum Gasteiger partial charge on any atom is 0.240 e. The fourth-order valence-corrected chi connectivity index (χ4v) is 9.73. The topological polar surface area (TPSA) is 63.7 Å². The molecular weight excluding hydrogens is 374 g/mol. The van der Waals surface area contributed by atoms with Gasteiger partial charge in [-0.05, 0) is 54.6 Å². The summed E-state index contributed by atoms with van der Waals surface area (Å²) >= 11 is 0. The third-order valence-electron chi connectivity index (χ3n) is 8.91. The molecule has 4 fully saturated rings. The second-order valence-electron chi connectivity index (χ2n) is 10.1. The standard InChI is InChI=1S/C22H27NO4S/c1-21(2)13-6-8-22(21)12-28(25,26)23(19(22)10-13)20(24)17-11-16(17)14-4-3-5-18-15(14)7-9-27-18/h3-5,13,16-17,19H,6-12H2,1-2H3/t13?,16?,17?,19-,22-/m1/s1. The van der Waals surface area contributed by atoms with Gasteiger partial charge in [-0.3, -0.25) is 4.79 Å². The van der Waals surface area contributed by atoms with Crippen LogP contribution in [-0.2, 0) is 21.2 Å². The third kappa shape index (κ3) is 1.93. The van der Waals surface area contributed by atoms with Crippen molar-refractivity contribution in [2.24, 2.45) is 22.7 Å². The van der Waals surface area contributed by atoms with E-state index in [4.69, 9.17) is 4.74 Å². The number of ether oxygens (including phenoxy) is 1. The van der Waals surface area contributed by atoms with E-state index in [0.29, 0.717) is 12.5 Å². The molecule has 6 rings (SSSR count). The molecule has 6 heteroatoms. The summed E-state index contributed by atoms with van der Waals surface area (Å²) in [5, 5.41) is 0. The van der Waals surface area contributed by atoms with E-state index in [1.165, 1.54) is 15.4 Å². The molecule has 5 atom stereocenters. The zero-order valence-corrected chi connectivity index (χ0v) is 17.3. The van der Waals surface area contributed by atoms with Crippen LogP contribution >= 0.6 is 0 Å². The van der Waals surface area contributed by atoms with Gasteiger partial charge in [-0.25, -0.2) is 12.7 Å². The van der Waals surface area contributed by atoms with Crippen LogP contribution in [0.3, 0.4) is 0 Å². The molecule has 28 heavy (non-hydrogen) atoms. The highest BCUT2D eigenvalue weighted by atomic mass is 32.2. The molecule has 2 aliphatic heterocycles. The fraction of sp³-hybridized carbons (Fsp3) is 0.682. The number of carbonyl (C=O) groups excluding carboxylic acids is 1. The van der Waals surface area contributed by atoms with Crippen LogP contribution in [0.1, 0.15) is 56.6 Å². The molecule has 0 aromatic heterocycles. The minimum atomic E-state index is -3.52. The molecule has 5 aliphatic rings. The first-order valence-electron chi connectivity index (χ1n) is 10.6. The number of hydrogen-bond donors (Lipinski definition) is 0. The van der Waals surface area contributed by atoms with E-state index < -0.39 is 10.0 Å². The Bertz CT molecular complexity index is 1000. The zero-order chi connectivity index (χ0) is 19.5. The Hall–Kier alpha value is -1.56. The lowest BCUT2D eigenvalue weighted by molar-refractivity contribution is -0.130. The number of amides is 1. The quantitative estimate of drug-likeness (QED) is 0.764. The van der Waals surface area contributed by atoms with E-state index in [0.717, 1.165) is 37.9 Å². The molecule has 1 amide bonds. The van der Waals surface area contributed by atoms with Gasteiger partial charge in [0.05, 0.1) is 18.4 Å². The maximum absolute atomic E-state index is 13.4. The lowest BCUT2D eigenvalue weighted by Gasteiger charge is -2.37. The van der Waals surface area contributed by atoms with Crippen molar-refractivity contribution in [3.05, 3.63) is 29.3 Å². The molecular formula is C22H27NO4S. The smallest absolute Gasteiger partial charge is 0.240 e. The predicted molar refractivity (Wildman–Crippen MR) is 104 cm³/mol. The molecule has 1 spiro atoms. The molecule has 1 saturated heterocycles. The summed E-state index contributed by atoms with van der Waals surface area (Å²) in [5.74, 6) is 1.42. The van der Waals surface area contributed by atoms with Crippen LogP contribution in [0, 0.1) is 22.7 Å². The molecule has 2 heterocycles. The minimum Gasteiger partial charge on any atom is -0.493 e. The first-order chi connectivity index (χ1) is 13.3. The lowest BCUT2D eigenvalue weighted by atomic mass is 9.69. The molecule has 3 unspecified atom stereocenters. The Labute approximate surface area is 166 Å². The van der Waals surface area contributed by atoms with E-state index in [-0.39, 0.29) is 40.4 Å². The number of nitrogens with zero attached hydrogens (tertiary/aromatic N) is 1. The number of carbonyl (C=O) groups is 1. The average Bonchev–Trinajstić information content (AvgIpc) is 3.02. The largest absolute Gasteiger partial charge is 0.493 e. The van der Waals surface area contributed by atoms with Gasteiger partial charge in [-0.2, -0.15) is 0 Å². The second kappa shape index (κ2) is 5.13. The van der Waals surface area contributed by atoms with Gasteiger partial charge in [0.15, 0.2) is 0 Å². The van der Waals surface area contributed by atoms with Crippen LogP contribution in [0.5, 0.6) is 5.75 Å². The van der Waals surface area contributed by atoms with Crippen molar-refractivity contribution in [2.75, 3.05) is 12.4 Å². The molecule has 150 valence electrons. The summed E-state index contributed by atoms with van der Waals surface area (Å²) in [6, 6.07) is 5.94. The van der Waals surface area contributed by atoms with Crippen LogP contribution in [-0.4, -0.2) is 37.0 Å². The van der Waals surface area contributed by atoms with Gasteiger partial charge in [0.1, 0.15) is 5.75 Å². The predicted octanol–water partition coefficient (Wildman–Crippen LogP) is 3.09. The molecule has 1 aromatic carbocycles. The highest BCUT2D eigenvalue weighted by Crippen LogP contribution is 2.70. The SMILES string of the molecule is CC1(C)C2CC[C@]13CS(=O)(=O)N(C(=O)C1CC1c1cccc4c1CCO4)[C@@H]3C2. The summed E-state index contributed by atoms with van der Waals surface area (Å²) in [7, 11) is -3.52. The van der Waals surface area contributed by atoms with Gasteiger partial charge in [-0.15, -0.1) is 0 Å². The number of rotatable bonds is 2. The van der Waals surface area contributed by atoms with Crippen molar-refractivity contribution in [2.45, 2.75) is 57.9 Å². The van der Waals surface area contributed by atoms with Gasteiger partial charge in [-0.1, -0.05) is 26.0 Å². The number of fused-ring (bicyclic) bond motifs is 2. The molecule has 0 radical (unpaired) electrons. The Morgan fingerprint density at radius 3 is 2.86 bits per heavy atom. The first kappa shape index (κ1) is 17.3. The van der Waals surface area contributed by atoms with Crippen molar-refractivity contribution in [1.29, 1.82) is 0 Å². The monoisotopic (exact) mass is 401 g/mol. The Balaban J connectivity index is 1.32. The van der Waals surface area contributed by atoms with Gasteiger partial charge < -0.3 is 4.74 Å². The van der Waals surface area contributed by atoms with Crippen molar-refractivity contribution in [3.63, 3.8) is 0 Å². The molecule has 1 aromatic rings. The molecule has 0 N–H and O–H groups in total. The fourth-order valence-electron chi connectivity index (χ4n) is 7.15. The number of hydrogen-bond acceptors (Lipinski definition) is 4. The van der Waals surface area contributed by atoms with E-state index in [9.17, 15) is 13.2 Å². The van der Waals surface area contributed by atoms with E-state index in [1.807, 2.05) is 12.1 Å². The van der Waals surface area contributed by atoms with Gasteiger partial charge in [0.2, 0.25) is 15.9 Å². The van der Waals surface area contributed by atoms with Gasteiger partial charge in [0, 0.05) is 23.3 Å². The lowest BCUT2D eigenvalue weighted by Crippen LogP contribution is -2.44. The second-order valence-corrected chi connectivity index (χ2v) is 12.0. The highest BCUT2D eigenvalue weighted by Gasteiger charge is 2.73. The van der Waals surface area contributed by atoms with Crippen molar-refractivity contribution >= 4 is 15.9 Å². The Morgan fingerprint density at radius 1 is 1.25 bits per heavy atom. The Kier molecular flexibility index (Phi) is 3.17. The highest BCUT2D eigenvalue weighted by molar-refractivity contribution is 7.90. The molecule has 5 nitrogen and oxygen atoms in total. The summed E-state index contributed by atoms with van der Waals surface area (Å²) in [4.78, 5) is 13.4. The van der Waals surface area contributed by atoms with Crippen LogP contribution in [0.25, 0.3) is 0 Å². The zero-order valence-electron chi connectivity index (χ0n) is 16.5. The van der Waals surface area contributed by atoms with Gasteiger partial charge in [0.25, 0.3) is 0 Å². The van der Waals surface area contributed by atoms with E-state index in [2.05, 4.69) is 19.9 Å². The molecule has 2 bridgehead atoms. The van der Waals surface area contributed by atoms with Crippen LogP contribution < -0.4 is 4.74 Å². The minimum absolute atomic E-state index is 0.000308. The summed E-state index contributed by atoms with van der Waals surface area (Å²) < 4.78 is 33.3. The van der Waals surface area contributed by atoms with Gasteiger partial charge >= 0.3 is 0 Å². The third-order valence-corrected chi connectivity index (χ3v) is 10.8. The van der Waals surface area contributed by atoms with E-state index in [1.54, 1.807) is 0 Å². The van der Waals surface area contributed by atoms with Crippen molar-refractivity contribution < 1.29 is 17.9 Å². The molecule has 3 aliphatic carbocycles. The van der Waals surface area contributed by atoms with E-state index >= 15 is 0 Å². The summed E-state index contributed by atoms with van der Waals surface area (Å²) in [6.45, 7) is 5.14. The maximum atomic E-state index is 13.4. The summed E-state index contributed by atoms with van der Waals surface area (Å²) in [5.41, 5.74) is 2.16. The van der Waals surface area contributed by atoms with Crippen molar-refractivity contribution in [1.82, 2.24) is 4.31 Å². The normalized spacial score (nSPS) is 40.9. The van der Waals surface area contributed by atoms with Crippen LogP contribution in [0.4, 0.5) is 0 Å². The molecule has 3 saturated carbocycles. The Morgan fingerprint density at radius 2 is 2.07 bits per heavy atom. The van der Waals surface area contributed by atoms with Crippen LogP contribution in [0.15, 0.2) is 18.2 Å². The number of sulfonamides is 1. The summed E-state index contributed by atoms with van der Waals surface area (Å²) in [6.07, 6.45) is 4.53. The van der Waals surface area contributed by atoms with Crippen LogP contribution in [0.2, 0.25) is 0 Å². The first-order valence-corrected chi connectivity index (χ1v) is 12.2. The van der Waals surface area contributed by atoms with Crippen molar-refractivity contribution in [3.8, 4) is 5.75 Å². The number of benzene rings is 1.